The summed E-state index contributed by atoms with van der Waals surface area (Å²) in [5.74, 6) is -0.212. The normalized spacial score (nSPS) is 10.3. The van der Waals surface area contributed by atoms with Gasteiger partial charge in [-0.05, 0) is 50.5 Å². The van der Waals surface area contributed by atoms with Crippen molar-refractivity contribution < 1.29 is 23.5 Å². The Hall–Kier alpha value is -2.98. The Kier molecular flexibility index (Phi) is 7.07. The molecule has 28 heavy (non-hydrogen) atoms. The number of halogens is 1. The molecule has 0 spiro atoms. The van der Waals surface area contributed by atoms with Crippen LogP contribution in [-0.2, 0) is 9.53 Å². The number of methoxy groups -OCH3 is 1. The molecule has 0 unspecified atom stereocenters. The second-order valence-corrected chi connectivity index (χ2v) is 6.59. The van der Waals surface area contributed by atoms with Crippen LogP contribution in [0.25, 0.3) is 0 Å². The first-order valence-corrected chi connectivity index (χ1v) is 8.97. The molecule has 0 aliphatic rings. The molecule has 148 valence electrons. The molecule has 1 heterocycles. The van der Waals surface area contributed by atoms with E-state index in [9.17, 15) is 14.9 Å². The summed E-state index contributed by atoms with van der Waals surface area (Å²) in [6.45, 7) is 5.66. The highest BCUT2D eigenvalue weighted by Crippen LogP contribution is 2.28. The Morgan fingerprint density at radius 2 is 1.89 bits per heavy atom. The van der Waals surface area contributed by atoms with E-state index in [0.29, 0.717) is 23.8 Å². The number of hydrogen-bond acceptors (Lipinski definition) is 6. The van der Waals surface area contributed by atoms with Crippen molar-refractivity contribution in [2.75, 3.05) is 19.0 Å². The number of nitrogens with one attached hydrogen (secondary N) is 1. The minimum atomic E-state index is -0.694. The topological polar surface area (TPSA) is 102 Å². The van der Waals surface area contributed by atoms with Gasteiger partial charge in [0.15, 0.2) is 0 Å². The average molecular weight is 405 g/mol. The number of benzene rings is 1. The maximum absolute atomic E-state index is 12.1. The minimum Gasteiger partial charge on any atom is -0.494 e. The largest absolute Gasteiger partial charge is 0.494 e. The van der Waals surface area contributed by atoms with Crippen LogP contribution in [0.2, 0.25) is 5.02 Å². The summed E-state index contributed by atoms with van der Waals surface area (Å²) >= 11 is 6.13. The van der Waals surface area contributed by atoms with Gasteiger partial charge in [0.2, 0.25) is 11.8 Å². The van der Waals surface area contributed by atoms with Gasteiger partial charge in [-0.3, -0.25) is 10.1 Å². The van der Waals surface area contributed by atoms with Crippen LogP contribution >= 0.6 is 11.6 Å². The van der Waals surface area contributed by atoms with Crippen LogP contribution in [0.5, 0.6) is 5.75 Å². The lowest BCUT2D eigenvalue weighted by atomic mass is 10.1. The number of aryl methyl sites for hydroxylation is 3. The molecule has 0 saturated carbocycles. The van der Waals surface area contributed by atoms with E-state index >= 15 is 0 Å². The van der Waals surface area contributed by atoms with Gasteiger partial charge in [0.1, 0.15) is 28.7 Å². The van der Waals surface area contributed by atoms with E-state index in [1.807, 2.05) is 32.0 Å². The molecule has 1 N–H and O–H groups in total. The maximum atomic E-state index is 12.1. The molecule has 0 aliphatic heterocycles. The summed E-state index contributed by atoms with van der Waals surface area (Å²) in [4.78, 5) is 23.9. The van der Waals surface area contributed by atoms with Gasteiger partial charge in [-0.1, -0.05) is 11.6 Å². The van der Waals surface area contributed by atoms with E-state index in [4.69, 9.17) is 20.8 Å². The Morgan fingerprint density at radius 3 is 2.46 bits per heavy atom. The summed E-state index contributed by atoms with van der Waals surface area (Å²) in [6, 6.07) is 5.55. The molecule has 1 aromatic carbocycles. The molecule has 0 saturated heterocycles. The van der Waals surface area contributed by atoms with Crippen molar-refractivity contribution in [3.05, 3.63) is 45.2 Å². The number of hydrogen-bond donors (Lipinski definition) is 1. The fourth-order valence-corrected chi connectivity index (χ4v) is 2.80. The van der Waals surface area contributed by atoms with Crippen molar-refractivity contribution in [2.45, 2.75) is 33.6 Å². The van der Waals surface area contributed by atoms with Crippen molar-refractivity contribution in [3.8, 4) is 11.8 Å². The fraction of sp³-hybridized carbons (Fsp3) is 0.350. The van der Waals surface area contributed by atoms with Crippen LogP contribution in [0, 0.1) is 32.1 Å². The third-order valence-electron chi connectivity index (χ3n) is 4.07. The summed E-state index contributed by atoms with van der Waals surface area (Å²) in [6.07, 6.45) is 0.613. The van der Waals surface area contributed by atoms with Crippen LogP contribution in [0.3, 0.4) is 0 Å². The molecule has 2 aromatic rings. The molecule has 7 nitrogen and oxygen atoms in total. The van der Waals surface area contributed by atoms with Crippen LogP contribution < -0.4 is 10.1 Å². The first-order chi connectivity index (χ1) is 13.3. The number of amides is 1. The lowest BCUT2D eigenvalue weighted by Gasteiger charge is -2.10. The fourth-order valence-electron chi connectivity index (χ4n) is 2.69. The smallest absolute Gasteiger partial charge is 0.342 e. The molecule has 2 rings (SSSR count). The van der Waals surface area contributed by atoms with Crippen molar-refractivity contribution in [2.24, 2.45) is 0 Å². The van der Waals surface area contributed by atoms with Crippen LogP contribution in [0.15, 0.2) is 16.5 Å². The summed E-state index contributed by atoms with van der Waals surface area (Å²) in [7, 11) is 1.21. The summed E-state index contributed by atoms with van der Waals surface area (Å²) in [5.41, 5.74) is 1.80. The van der Waals surface area contributed by atoms with E-state index in [-0.39, 0.29) is 35.1 Å². The number of nitrogens with zero attached hydrogens (tertiary/aromatic N) is 1. The third kappa shape index (κ3) is 4.84. The molecule has 0 aliphatic carbocycles. The summed E-state index contributed by atoms with van der Waals surface area (Å²) in [5, 5.41) is 12.5. The zero-order valence-corrected chi connectivity index (χ0v) is 16.9. The zero-order valence-electron chi connectivity index (χ0n) is 16.1. The zero-order chi connectivity index (χ0) is 20.8. The maximum Gasteiger partial charge on any atom is 0.342 e. The second-order valence-electron chi connectivity index (χ2n) is 6.21. The molecular weight excluding hydrogens is 384 g/mol. The number of anilines is 1. The molecule has 0 radical (unpaired) electrons. The van der Waals surface area contributed by atoms with Gasteiger partial charge >= 0.3 is 5.97 Å². The number of esters is 1. The van der Waals surface area contributed by atoms with Gasteiger partial charge in [-0.25, -0.2) is 4.79 Å². The van der Waals surface area contributed by atoms with Crippen molar-refractivity contribution in [3.63, 3.8) is 0 Å². The number of ether oxygens (including phenoxy) is 2. The summed E-state index contributed by atoms with van der Waals surface area (Å²) < 4.78 is 15.6. The first kappa shape index (κ1) is 21.3. The van der Waals surface area contributed by atoms with E-state index in [0.717, 1.165) is 11.1 Å². The highest BCUT2D eigenvalue weighted by molar-refractivity contribution is 6.32. The molecular formula is C20H21ClN2O5. The number of carbonyl (C=O) groups excluding carboxylic acids is 2. The van der Waals surface area contributed by atoms with Crippen molar-refractivity contribution in [1.82, 2.24) is 0 Å². The van der Waals surface area contributed by atoms with Crippen LogP contribution in [0.4, 0.5) is 5.88 Å². The van der Waals surface area contributed by atoms with Crippen LogP contribution in [-0.4, -0.2) is 25.6 Å². The Morgan fingerprint density at radius 1 is 1.25 bits per heavy atom. The SMILES string of the molecule is COC(=O)c1c(C)oc(NC(=O)CCCOc2cc(C)c(Cl)c(C)c2)c1C#N. The van der Waals surface area contributed by atoms with Crippen molar-refractivity contribution in [1.29, 1.82) is 5.26 Å². The van der Waals surface area contributed by atoms with E-state index < -0.39 is 5.97 Å². The van der Waals surface area contributed by atoms with E-state index in [2.05, 4.69) is 10.1 Å². The third-order valence-corrected chi connectivity index (χ3v) is 4.66. The predicted octanol–water partition coefficient (Wildman–Crippen LogP) is 4.31. The Balaban J connectivity index is 1.92. The van der Waals surface area contributed by atoms with Gasteiger partial charge in [-0.2, -0.15) is 5.26 Å². The molecule has 0 atom stereocenters. The first-order valence-electron chi connectivity index (χ1n) is 8.59. The highest BCUT2D eigenvalue weighted by atomic mass is 35.5. The minimum absolute atomic E-state index is 0.0112. The lowest BCUT2D eigenvalue weighted by molar-refractivity contribution is -0.116. The van der Waals surface area contributed by atoms with E-state index in [1.54, 1.807) is 0 Å². The van der Waals surface area contributed by atoms with Crippen LogP contribution in [0.1, 0.15) is 45.7 Å². The van der Waals surface area contributed by atoms with Crippen molar-refractivity contribution >= 4 is 29.4 Å². The number of carbonyl (C=O) groups is 2. The monoisotopic (exact) mass is 404 g/mol. The van der Waals surface area contributed by atoms with Gasteiger partial charge in [0.25, 0.3) is 0 Å². The molecule has 0 fully saturated rings. The molecule has 8 heteroatoms. The Labute approximate surface area is 168 Å². The quantitative estimate of drug-likeness (QED) is 0.544. The lowest BCUT2D eigenvalue weighted by Crippen LogP contribution is -2.13. The highest BCUT2D eigenvalue weighted by Gasteiger charge is 2.25. The van der Waals surface area contributed by atoms with Gasteiger partial charge in [0, 0.05) is 11.4 Å². The Bertz CT molecular complexity index is 920. The number of nitriles is 1. The average Bonchev–Trinajstić information content (AvgIpc) is 2.97. The number of furan rings is 1. The van der Waals surface area contributed by atoms with Gasteiger partial charge in [-0.15, -0.1) is 0 Å². The molecule has 1 amide bonds. The van der Waals surface area contributed by atoms with E-state index in [1.165, 1.54) is 14.0 Å². The van der Waals surface area contributed by atoms with Gasteiger partial charge < -0.3 is 13.9 Å². The number of rotatable bonds is 7. The molecule has 1 aromatic heterocycles. The standard InChI is InChI=1S/C20H21ClN2O5/c1-11-8-14(9-12(2)18(11)21)27-7-5-6-16(24)23-19-15(10-22)17(13(3)28-19)20(25)26-4/h8-9H,5-7H2,1-4H3,(H,23,24). The van der Waals surface area contributed by atoms with Gasteiger partial charge in [0.05, 0.1) is 13.7 Å². The predicted molar refractivity (Wildman–Crippen MR) is 104 cm³/mol. The molecule has 0 bridgehead atoms. The second kappa shape index (κ2) is 9.29.